The first-order valence-electron chi connectivity index (χ1n) is 6.34. The van der Waals surface area contributed by atoms with Crippen molar-refractivity contribution in [2.75, 3.05) is 11.9 Å². The van der Waals surface area contributed by atoms with Crippen LogP contribution in [-0.4, -0.2) is 22.7 Å². The van der Waals surface area contributed by atoms with Gasteiger partial charge in [-0.3, -0.25) is 10.1 Å². The quantitative estimate of drug-likeness (QED) is 0.636. The molecule has 1 aromatic rings. The second-order valence-corrected chi connectivity index (χ2v) is 4.77. The van der Waals surface area contributed by atoms with Gasteiger partial charge in [-0.25, -0.2) is 0 Å². The molecule has 5 nitrogen and oxygen atoms in total. The number of benzene rings is 1. The zero-order chi connectivity index (χ0) is 13.0. The number of nitrogens with zero attached hydrogens (tertiary/aromatic N) is 1. The Bertz CT molecular complexity index is 422. The summed E-state index contributed by atoms with van der Waals surface area (Å²) in [6, 6.07) is 6.61. The molecule has 5 heteroatoms. The van der Waals surface area contributed by atoms with E-state index in [9.17, 15) is 15.2 Å². The van der Waals surface area contributed by atoms with Crippen LogP contribution in [0.5, 0.6) is 0 Å². The fourth-order valence-electron chi connectivity index (χ4n) is 2.45. The molecule has 0 aliphatic heterocycles. The number of rotatable bonds is 4. The van der Waals surface area contributed by atoms with E-state index in [-0.39, 0.29) is 22.6 Å². The van der Waals surface area contributed by atoms with Gasteiger partial charge < -0.3 is 10.4 Å². The fourth-order valence-corrected chi connectivity index (χ4v) is 2.45. The Kier molecular flexibility index (Phi) is 4.15. The van der Waals surface area contributed by atoms with Crippen LogP contribution in [0.3, 0.4) is 0 Å². The molecular weight excluding hydrogens is 232 g/mol. The molecule has 0 saturated heterocycles. The van der Waals surface area contributed by atoms with E-state index in [1.165, 1.54) is 6.07 Å². The molecule has 0 heterocycles. The van der Waals surface area contributed by atoms with Crippen LogP contribution in [0, 0.1) is 16.0 Å². The lowest BCUT2D eigenvalue weighted by Gasteiger charge is -2.27. The Hall–Kier alpha value is -1.62. The van der Waals surface area contributed by atoms with Crippen molar-refractivity contribution in [2.45, 2.75) is 31.8 Å². The third-order valence-corrected chi connectivity index (χ3v) is 3.52. The van der Waals surface area contributed by atoms with Crippen molar-refractivity contribution in [3.8, 4) is 0 Å². The van der Waals surface area contributed by atoms with Gasteiger partial charge in [0.1, 0.15) is 5.69 Å². The Labute approximate surface area is 106 Å². The first-order valence-corrected chi connectivity index (χ1v) is 6.34. The van der Waals surface area contributed by atoms with Crippen LogP contribution in [0.2, 0.25) is 0 Å². The SMILES string of the molecule is O=[N+]([O-])c1ccccc1NCC1CCCCC1O. The highest BCUT2D eigenvalue weighted by atomic mass is 16.6. The molecule has 18 heavy (non-hydrogen) atoms. The van der Waals surface area contributed by atoms with Crippen molar-refractivity contribution in [1.82, 2.24) is 0 Å². The second kappa shape index (κ2) is 5.82. The summed E-state index contributed by atoms with van der Waals surface area (Å²) in [5.41, 5.74) is 0.614. The normalized spacial score (nSPS) is 23.6. The van der Waals surface area contributed by atoms with Crippen molar-refractivity contribution >= 4 is 11.4 Å². The number of nitro benzene ring substituents is 1. The molecule has 1 aliphatic carbocycles. The summed E-state index contributed by atoms with van der Waals surface area (Å²) in [6.45, 7) is 0.589. The van der Waals surface area contributed by atoms with Crippen LogP contribution >= 0.6 is 0 Å². The second-order valence-electron chi connectivity index (χ2n) is 4.77. The molecule has 0 bridgehead atoms. The average Bonchev–Trinajstić information content (AvgIpc) is 2.38. The lowest BCUT2D eigenvalue weighted by molar-refractivity contribution is -0.384. The van der Waals surface area contributed by atoms with Gasteiger partial charge in [0.25, 0.3) is 5.69 Å². The zero-order valence-electron chi connectivity index (χ0n) is 10.2. The van der Waals surface area contributed by atoms with Crippen LogP contribution in [0.25, 0.3) is 0 Å². The van der Waals surface area contributed by atoms with E-state index in [0.717, 1.165) is 25.7 Å². The van der Waals surface area contributed by atoms with Gasteiger partial charge in [0, 0.05) is 18.5 Å². The predicted molar refractivity (Wildman–Crippen MR) is 69.6 cm³/mol. The van der Waals surface area contributed by atoms with Crippen molar-refractivity contribution < 1.29 is 10.0 Å². The molecule has 1 fully saturated rings. The van der Waals surface area contributed by atoms with E-state index in [1.54, 1.807) is 18.2 Å². The van der Waals surface area contributed by atoms with Crippen molar-refractivity contribution in [3.63, 3.8) is 0 Å². The molecule has 2 N–H and O–H groups in total. The number of aliphatic hydroxyl groups is 1. The molecule has 1 aliphatic rings. The highest BCUT2D eigenvalue weighted by Gasteiger charge is 2.23. The van der Waals surface area contributed by atoms with Gasteiger partial charge in [-0.15, -0.1) is 0 Å². The van der Waals surface area contributed by atoms with Gasteiger partial charge in [-0.05, 0) is 18.9 Å². The molecule has 1 saturated carbocycles. The van der Waals surface area contributed by atoms with Gasteiger partial charge in [0.05, 0.1) is 11.0 Å². The first-order chi connectivity index (χ1) is 8.68. The Morgan fingerprint density at radius 1 is 1.33 bits per heavy atom. The van der Waals surface area contributed by atoms with Gasteiger partial charge >= 0.3 is 0 Å². The molecular formula is C13H18N2O3. The molecule has 2 unspecified atom stereocenters. The van der Waals surface area contributed by atoms with E-state index in [0.29, 0.717) is 12.2 Å². The number of aliphatic hydroxyl groups excluding tert-OH is 1. The van der Waals surface area contributed by atoms with Gasteiger partial charge in [-0.1, -0.05) is 25.0 Å². The monoisotopic (exact) mass is 250 g/mol. The molecule has 0 aromatic heterocycles. The van der Waals surface area contributed by atoms with Crippen molar-refractivity contribution in [1.29, 1.82) is 0 Å². The Morgan fingerprint density at radius 3 is 2.78 bits per heavy atom. The summed E-state index contributed by atoms with van der Waals surface area (Å²) in [6.07, 6.45) is 3.73. The smallest absolute Gasteiger partial charge is 0.292 e. The van der Waals surface area contributed by atoms with E-state index >= 15 is 0 Å². The number of nitrogens with one attached hydrogen (secondary N) is 1. The lowest BCUT2D eigenvalue weighted by atomic mass is 9.86. The van der Waals surface area contributed by atoms with Crippen LogP contribution < -0.4 is 5.32 Å². The van der Waals surface area contributed by atoms with Crippen LogP contribution in [-0.2, 0) is 0 Å². The largest absolute Gasteiger partial charge is 0.393 e. The number of para-hydroxylation sites is 2. The molecule has 1 aromatic carbocycles. The molecule has 0 radical (unpaired) electrons. The summed E-state index contributed by atoms with van der Waals surface area (Å²) in [5.74, 6) is 0.193. The average molecular weight is 250 g/mol. The topological polar surface area (TPSA) is 75.4 Å². The van der Waals surface area contributed by atoms with Crippen molar-refractivity contribution in [3.05, 3.63) is 34.4 Å². The number of nitro groups is 1. The third kappa shape index (κ3) is 2.98. The summed E-state index contributed by atoms with van der Waals surface area (Å²) < 4.78 is 0. The Morgan fingerprint density at radius 2 is 2.06 bits per heavy atom. The first kappa shape index (κ1) is 12.8. The molecule has 98 valence electrons. The van der Waals surface area contributed by atoms with Gasteiger partial charge in [-0.2, -0.15) is 0 Å². The standard InChI is InChI=1S/C13H18N2O3/c16-13-8-4-1-5-10(13)9-14-11-6-2-3-7-12(11)15(17)18/h2-3,6-7,10,13-14,16H,1,4-5,8-9H2. The fraction of sp³-hybridized carbons (Fsp3) is 0.538. The summed E-state index contributed by atoms with van der Waals surface area (Å²) in [5, 5.41) is 23.8. The van der Waals surface area contributed by atoms with E-state index in [2.05, 4.69) is 5.32 Å². The molecule has 0 spiro atoms. The lowest BCUT2D eigenvalue weighted by Crippen LogP contribution is -2.30. The van der Waals surface area contributed by atoms with Gasteiger partial charge in [0.15, 0.2) is 0 Å². The number of anilines is 1. The zero-order valence-corrected chi connectivity index (χ0v) is 10.2. The van der Waals surface area contributed by atoms with Crippen LogP contribution in [0.15, 0.2) is 24.3 Å². The van der Waals surface area contributed by atoms with Crippen molar-refractivity contribution in [2.24, 2.45) is 5.92 Å². The van der Waals surface area contributed by atoms with E-state index in [4.69, 9.17) is 0 Å². The minimum absolute atomic E-state index is 0.0859. The van der Waals surface area contributed by atoms with Crippen LogP contribution in [0.4, 0.5) is 11.4 Å². The minimum Gasteiger partial charge on any atom is -0.393 e. The van der Waals surface area contributed by atoms with E-state index in [1.807, 2.05) is 0 Å². The highest BCUT2D eigenvalue weighted by molar-refractivity contribution is 5.61. The number of hydrogen-bond acceptors (Lipinski definition) is 4. The maximum Gasteiger partial charge on any atom is 0.292 e. The summed E-state index contributed by atoms with van der Waals surface area (Å²) in [4.78, 5) is 10.5. The van der Waals surface area contributed by atoms with Gasteiger partial charge in [0.2, 0.25) is 0 Å². The predicted octanol–water partition coefficient (Wildman–Crippen LogP) is 2.56. The van der Waals surface area contributed by atoms with Crippen LogP contribution in [0.1, 0.15) is 25.7 Å². The highest BCUT2D eigenvalue weighted by Crippen LogP contribution is 2.27. The maximum atomic E-state index is 10.9. The Balaban J connectivity index is 1.99. The number of hydrogen-bond donors (Lipinski definition) is 2. The third-order valence-electron chi connectivity index (χ3n) is 3.52. The maximum absolute atomic E-state index is 10.9. The molecule has 2 atom stereocenters. The minimum atomic E-state index is -0.389. The summed E-state index contributed by atoms with van der Waals surface area (Å²) >= 11 is 0. The molecule has 0 amide bonds. The van der Waals surface area contributed by atoms with E-state index < -0.39 is 0 Å². The summed E-state index contributed by atoms with van der Waals surface area (Å²) in [7, 11) is 0. The molecule has 2 rings (SSSR count).